The van der Waals surface area contributed by atoms with Crippen LogP contribution in [0.3, 0.4) is 0 Å². The van der Waals surface area contributed by atoms with E-state index in [1.165, 1.54) is 0 Å². The van der Waals surface area contributed by atoms with Crippen LogP contribution in [-0.4, -0.2) is 179 Å². The third kappa shape index (κ3) is 5.40. The number of ether oxygens (including phenoxy) is 5. The Balaban J connectivity index is 1.80. The highest BCUT2D eigenvalue weighted by Gasteiger charge is 2.58. The Kier molecular flexibility index (Phi) is 9.97. The van der Waals surface area contributed by atoms with E-state index in [-0.39, 0.29) is 0 Å². The van der Waals surface area contributed by atoms with E-state index in [0.29, 0.717) is 0 Å². The first-order valence-electron chi connectivity index (χ1n) is 11.2. The van der Waals surface area contributed by atoms with Gasteiger partial charge in [-0.15, -0.1) is 0 Å². The van der Waals surface area contributed by atoms with Gasteiger partial charge in [-0.1, -0.05) is 0 Å². The summed E-state index contributed by atoms with van der Waals surface area (Å²) in [5, 5.41) is 120. The van der Waals surface area contributed by atoms with Crippen molar-refractivity contribution in [2.24, 2.45) is 0 Å². The monoisotopic (exact) mass is 534 g/mol. The summed E-state index contributed by atoms with van der Waals surface area (Å²) in [6.45, 7) is -3.73. The molecule has 3 fully saturated rings. The molecule has 3 aliphatic rings. The van der Waals surface area contributed by atoms with Crippen molar-refractivity contribution in [2.75, 3.05) is 26.4 Å². The minimum absolute atomic E-state index is 0.791. The summed E-state index contributed by atoms with van der Waals surface area (Å²) < 4.78 is 26.6. The summed E-state index contributed by atoms with van der Waals surface area (Å²) in [5.74, 6) is -2.54. The van der Waals surface area contributed by atoms with Gasteiger partial charge < -0.3 is 85.0 Å². The van der Waals surface area contributed by atoms with E-state index in [0.717, 1.165) is 0 Å². The number of aliphatic hydroxyl groups excluding tert-OH is 12. The van der Waals surface area contributed by atoms with Crippen LogP contribution in [0.15, 0.2) is 0 Å². The molecule has 17 nitrogen and oxygen atoms in total. The third-order valence-corrected chi connectivity index (χ3v) is 6.54. The van der Waals surface area contributed by atoms with Gasteiger partial charge in [0.2, 0.25) is 5.79 Å². The predicted octanol–water partition coefficient (Wildman–Crippen LogP) is -8.21. The second-order valence-electron chi connectivity index (χ2n) is 8.85. The maximum Gasteiger partial charge on any atom is 0.222 e. The van der Waals surface area contributed by atoms with Crippen molar-refractivity contribution in [1.82, 2.24) is 0 Å². The minimum atomic E-state index is -2.54. The first kappa shape index (κ1) is 29.9. The highest BCUT2D eigenvalue weighted by atomic mass is 16.8. The number of aliphatic hydroxyl groups is 12. The standard InChI is InChI=1S/C19H34O17/c20-1-5-8(24)11(27)16(30)19(4-23,35-5)36-15-7(3-22)33-18(13(29)10(15)26)34-14-6(2-21)32-17(31)12(28)9(14)25/h5-18,20-31H,1-4H2/t5-,6-,7-,8-,9-,10-,11+,12-,13-,14-,15-,16-,17+,18?,19?/m1/s1. The second kappa shape index (κ2) is 12.0. The maximum atomic E-state index is 10.7. The summed E-state index contributed by atoms with van der Waals surface area (Å²) in [6.07, 6.45) is -25.0. The third-order valence-electron chi connectivity index (χ3n) is 6.54. The fraction of sp³-hybridized carbons (Fsp3) is 1.00. The maximum absolute atomic E-state index is 10.7. The molecule has 0 amide bonds. The van der Waals surface area contributed by atoms with E-state index < -0.39 is 118 Å². The van der Waals surface area contributed by atoms with Gasteiger partial charge in [0, 0.05) is 0 Å². The first-order chi connectivity index (χ1) is 17.0. The number of hydrogen-bond acceptors (Lipinski definition) is 17. The molecule has 2 unspecified atom stereocenters. The van der Waals surface area contributed by atoms with Gasteiger partial charge in [-0.25, -0.2) is 0 Å². The summed E-state index contributed by atoms with van der Waals surface area (Å²) in [4.78, 5) is 0. The molecule has 17 heteroatoms. The topological polar surface area (TPSA) is 289 Å². The highest BCUT2D eigenvalue weighted by molar-refractivity contribution is 5.00. The molecule has 0 aromatic heterocycles. The van der Waals surface area contributed by atoms with Crippen molar-refractivity contribution in [2.45, 2.75) is 91.6 Å². The average Bonchev–Trinajstić information content (AvgIpc) is 2.88. The van der Waals surface area contributed by atoms with Crippen LogP contribution in [0.1, 0.15) is 0 Å². The normalized spacial score (nSPS) is 52.3. The number of rotatable bonds is 8. The molecule has 0 aromatic rings. The largest absolute Gasteiger partial charge is 0.394 e. The summed E-state index contributed by atoms with van der Waals surface area (Å²) in [7, 11) is 0. The van der Waals surface area contributed by atoms with Gasteiger partial charge in [-0.3, -0.25) is 0 Å². The molecule has 0 bridgehead atoms. The summed E-state index contributed by atoms with van der Waals surface area (Å²) in [6, 6.07) is 0. The Morgan fingerprint density at radius 1 is 0.583 bits per heavy atom. The molecule has 0 spiro atoms. The fourth-order valence-electron chi connectivity index (χ4n) is 4.40. The van der Waals surface area contributed by atoms with Crippen LogP contribution in [0.2, 0.25) is 0 Å². The van der Waals surface area contributed by atoms with Gasteiger partial charge in [0.15, 0.2) is 12.6 Å². The van der Waals surface area contributed by atoms with E-state index in [9.17, 15) is 61.3 Å². The lowest BCUT2D eigenvalue weighted by Gasteiger charge is -2.51. The highest BCUT2D eigenvalue weighted by Crippen LogP contribution is 2.36. The molecular formula is C19H34O17. The molecule has 36 heavy (non-hydrogen) atoms. The molecule has 12 N–H and O–H groups in total. The zero-order valence-corrected chi connectivity index (χ0v) is 18.8. The van der Waals surface area contributed by atoms with Gasteiger partial charge >= 0.3 is 0 Å². The SMILES string of the molecule is OC[C@H]1OC(CO)(O[C@H]2[C@H](O)[C@@H](O)C(O[C@H]3[C@H](O)[C@@H](O)[C@@H](O)O[C@@H]3CO)O[C@@H]2CO)[C@H](O)[C@@H](O)[C@@H]1O. The molecule has 3 heterocycles. The Morgan fingerprint density at radius 3 is 1.69 bits per heavy atom. The van der Waals surface area contributed by atoms with Crippen molar-refractivity contribution in [3.8, 4) is 0 Å². The Labute approximate surface area is 203 Å². The van der Waals surface area contributed by atoms with E-state index >= 15 is 0 Å². The molecule has 3 aliphatic heterocycles. The van der Waals surface area contributed by atoms with Gasteiger partial charge in [0.25, 0.3) is 0 Å². The zero-order valence-electron chi connectivity index (χ0n) is 18.8. The molecule has 0 aliphatic carbocycles. The van der Waals surface area contributed by atoms with Crippen molar-refractivity contribution in [3.05, 3.63) is 0 Å². The molecule has 15 atom stereocenters. The predicted molar refractivity (Wildman–Crippen MR) is 107 cm³/mol. The van der Waals surface area contributed by atoms with Crippen LogP contribution >= 0.6 is 0 Å². The van der Waals surface area contributed by atoms with Gasteiger partial charge in [-0.2, -0.15) is 0 Å². The first-order valence-corrected chi connectivity index (χ1v) is 11.2. The minimum Gasteiger partial charge on any atom is -0.394 e. The van der Waals surface area contributed by atoms with Crippen LogP contribution < -0.4 is 0 Å². The smallest absolute Gasteiger partial charge is 0.222 e. The van der Waals surface area contributed by atoms with Crippen LogP contribution in [0.5, 0.6) is 0 Å². The molecule has 0 saturated carbocycles. The van der Waals surface area contributed by atoms with Crippen LogP contribution in [0, 0.1) is 0 Å². The van der Waals surface area contributed by atoms with Crippen molar-refractivity contribution in [3.63, 3.8) is 0 Å². The van der Waals surface area contributed by atoms with E-state index in [1.54, 1.807) is 0 Å². The fourth-order valence-corrected chi connectivity index (χ4v) is 4.40. The van der Waals surface area contributed by atoms with Crippen LogP contribution in [-0.2, 0) is 23.7 Å². The van der Waals surface area contributed by atoms with Crippen LogP contribution in [0.4, 0.5) is 0 Å². The summed E-state index contributed by atoms with van der Waals surface area (Å²) in [5.41, 5.74) is 0. The lowest BCUT2D eigenvalue weighted by atomic mass is 9.91. The summed E-state index contributed by atoms with van der Waals surface area (Å²) >= 11 is 0. The van der Waals surface area contributed by atoms with Gasteiger partial charge in [0.1, 0.15) is 79.9 Å². The Hall–Kier alpha value is -0.680. The molecule has 3 saturated heterocycles. The lowest BCUT2D eigenvalue weighted by Crippen LogP contribution is -2.71. The van der Waals surface area contributed by atoms with Crippen molar-refractivity contribution < 1.29 is 85.0 Å². The second-order valence-corrected chi connectivity index (χ2v) is 8.85. The van der Waals surface area contributed by atoms with Gasteiger partial charge in [-0.05, 0) is 0 Å². The zero-order chi connectivity index (χ0) is 26.9. The molecule has 0 aromatic carbocycles. The van der Waals surface area contributed by atoms with Crippen LogP contribution in [0.25, 0.3) is 0 Å². The quantitative estimate of drug-likeness (QED) is 0.138. The Bertz CT molecular complexity index is 695. The van der Waals surface area contributed by atoms with Crippen molar-refractivity contribution >= 4 is 0 Å². The number of hydrogen-bond donors (Lipinski definition) is 12. The van der Waals surface area contributed by atoms with E-state index in [2.05, 4.69) is 0 Å². The van der Waals surface area contributed by atoms with Crippen molar-refractivity contribution in [1.29, 1.82) is 0 Å². The lowest BCUT2D eigenvalue weighted by molar-refractivity contribution is -0.415. The molecule has 212 valence electrons. The molecule has 3 rings (SSSR count). The molecular weight excluding hydrogens is 500 g/mol. The van der Waals surface area contributed by atoms with E-state index in [4.69, 9.17) is 23.7 Å². The van der Waals surface area contributed by atoms with E-state index in [1.807, 2.05) is 0 Å². The average molecular weight is 534 g/mol. The molecule has 0 radical (unpaired) electrons. The van der Waals surface area contributed by atoms with Gasteiger partial charge in [0.05, 0.1) is 19.8 Å². The Morgan fingerprint density at radius 2 is 1.14 bits per heavy atom.